The minimum Gasteiger partial charge on any atom is -0.368 e. The molecule has 3 fully saturated rings. The van der Waals surface area contributed by atoms with Gasteiger partial charge < -0.3 is 25.2 Å². The topological polar surface area (TPSA) is 56.8 Å². The standard InChI is InChI=1S/C15H28N4O2/c1-2-18-7-5-16-12(10-18)13-11-19(8-6-17-13)15(20)14-4-3-9-21-14/h12-14,16-17H,2-11H2,1H3. The molecule has 3 rings (SSSR count). The Kier molecular flexibility index (Phi) is 5.11. The first-order valence-corrected chi connectivity index (χ1v) is 8.37. The SMILES string of the molecule is CCN1CCNC(C2CN(C(=O)C3CCCO3)CCN2)C1. The molecule has 0 spiro atoms. The Balaban J connectivity index is 1.56. The number of nitrogens with zero attached hydrogens (tertiary/aromatic N) is 2. The van der Waals surface area contributed by atoms with Crippen molar-refractivity contribution in [1.82, 2.24) is 20.4 Å². The van der Waals surface area contributed by atoms with Crippen molar-refractivity contribution in [2.45, 2.75) is 38.0 Å². The van der Waals surface area contributed by atoms with Crippen LogP contribution in [0.25, 0.3) is 0 Å². The van der Waals surface area contributed by atoms with Crippen LogP contribution < -0.4 is 10.6 Å². The maximum absolute atomic E-state index is 12.5. The Morgan fingerprint density at radius 3 is 2.67 bits per heavy atom. The molecular formula is C15H28N4O2. The van der Waals surface area contributed by atoms with Gasteiger partial charge >= 0.3 is 0 Å². The molecule has 3 atom stereocenters. The fourth-order valence-electron chi connectivity index (χ4n) is 3.62. The van der Waals surface area contributed by atoms with Crippen molar-refractivity contribution in [3.8, 4) is 0 Å². The van der Waals surface area contributed by atoms with Crippen molar-refractivity contribution in [3.05, 3.63) is 0 Å². The van der Waals surface area contributed by atoms with E-state index in [1.165, 1.54) is 0 Å². The summed E-state index contributed by atoms with van der Waals surface area (Å²) in [5.41, 5.74) is 0. The molecule has 120 valence electrons. The molecule has 1 amide bonds. The lowest BCUT2D eigenvalue weighted by Crippen LogP contribution is -2.65. The molecule has 6 heteroatoms. The van der Waals surface area contributed by atoms with E-state index in [0.717, 1.165) is 65.3 Å². The number of piperazine rings is 2. The van der Waals surface area contributed by atoms with Crippen molar-refractivity contribution in [3.63, 3.8) is 0 Å². The van der Waals surface area contributed by atoms with E-state index >= 15 is 0 Å². The summed E-state index contributed by atoms with van der Waals surface area (Å²) < 4.78 is 5.55. The van der Waals surface area contributed by atoms with Gasteiger partial charge in [0.05, 0.1) is 0 Å². The minimum atomic E-state index is -0.185. The Morgan fingerprint density at radius 1 is 1.19 bits per heavy atom. The lowest BCUT2D eigenvalue weighted by Gasteiger charge is -2.42. The second-order valence-electron chi connectivity index (χ2n) is 6.30. The van der Waals surface area contributed by atoms with Crippen molar-refractivity contribution >= 4 is 5.91 Å². The van der Waals surface area contributed by atoms with E-state index in [-0.39, 0.29) is 12.0 Å². The monoisotopic (exact) mass is 296 g/mol. The first-order valence-electron chi connectivity index (χ1n) is 8.37. The maximum Gasteiger partial charge on any atom is 0.251 e. The second-order valence-corrected chi connectivity index (χ2v) is 6.30. The first-order chi connectivity index (χ1) is 10.3. The normalized spacial score (nSPS) is 35.1. The third kappa shape index (κ3) is 3.56. The van der Waals surface area contributed by atoms with Gasteiger partial charge in [-0.2, -0.15) is 0 Å². The smallest absolute Gasteiger partial charge is 0.251 e. The lowest BCUT2D eigenvalue weighted by molar-refractivity contribution is -0.142. The summed E-state index contributed by atoms with van der Waals surface area (Å²) in [5.74, 6) is 0.196. The molecule has 3 aliphatic rings. The van der Waals surface area contributed by atoms with Crippen molar-refractivity contribution in [1.29, 1.82) is 0 Å². The zero-order chi connectivity index (χ0) is 14.7. The number of carbonyl (C=O) groups excluding carboxylic acids is 1. The number of amides is 1. The van der Waals surface area contributed by atoms with Crippen LogP contribution in [0.2, 0.25) is 0 Å². The Labute approximate surface area is 127 Å². The van der Waals surface area contributed by atoms with Crippen LogP contribution in [0, 0.1) is 0 Å². The molecule has 0 aromatic rings. The van der Waals surface area contributed by atoms with Crippen molar-refractivity contribution in [2.24, 2.45) is 0 Å². The fraction of sp³-hybridized carbons (Fsp3) is 0.933. The summed E-state index contributed by atoms with van der Waals surface area (Å²) in [7, 11) is 0. The van der Waals surface area contributed by atoms with Crippen LogP contribution in [-0.4, -0.2) is 86.3 Å². The number of hydrogen-bond acceptors (Lipinski definition) is 5. The molecule has 21 heavy (non-hydrogen) atoms. The van der Waals surface area contributed by atoms with Gasteiger partial charge in [0, 0.05) is 58.0 Å². The number of carbonyl (C=O) groups is 1. The number of likely N-dealkylation sites (N-methyl/N-ethyl adjacent to an activating group) is 1. The van der Waals surface area contributed by atoms with Gasteiger partial charge in [-0.05, 0) is 19.4 Å². The average Bonchev–Trinajstić information content (AvgIpc) is 3.09. The molecule has 2 N–H and O–H groups in total. The highest BCUT2D eigenvalue weighted by molar-refractivity contribution is 5.81. The minimum absolute atomic E-state index is 0.185. The zero-order valence-electron chi connectivity index (χ0n) is 13.0. The Morgan fingerprint density at radius 2 is 1.95 bits per heavy atom. The van der Waals surface area contributed by atoms with Gasteiger partial charge in [-0.3, -0.25) is 4.79 Å². The molecule has 0 aromatic heterocycles. The van der Waals surface area contributed by atoms with Gasteiger partial charge in [-0.15, -0.1) is 0 Å². The molecule has 3 aliphatic heterocycles. The summed E-state index contributed by atoms with van der Waals surface area (Å²) in [4.78, 5) is 17.0. The summed E-state index contributed by atoms with van der Waals surface area (Å²) in [6, 6.07) is 0.775. The molecular weight excluding hydrogens is 268 g/mol. The molecule has 6 nitrogen and oxygen atoms in total. The van der Waals surface area contributed by atoms with Crippen LogP contribution in [0.15, 0.2) is 0 Å². The van der Waals surface area contributed by atoms with Crippen LogP contribution >= 0.6 is 0 Å². The summed E-state index contributed by atoms with van der Waals surface area (Å²) in [5, 5.41) is 7.19. The molecule has 0 aromatic carbocycles. The predicted molar refractivity (Wildman–Crippen MR) is 81.2 cm³/mol. The Bertz CT molecular complexity index is 360. The fourth-order valence-corrected chi connectivity index (χ4v) is 3.62. The second kappa shape index (κ2) is 7.05. The van der Waals surface area contributed by atoms with E-state index in [0.29, 0.717) is 12.1 Å². The largest absolute Gasteiger partial charge is 0.368 e. The lowest BCUT2D eigenvalue weighted by atomic mass is 10.0. The molecule has 0 saturated carbocycles. The van der Waals surface area contributed by atoms with E-state index in [1.807, 2.05) is 4.90 Å². The van der Waals surface area contributed by atoms with Gasteiger partial charge in [0.25, 0.3) is 5.91 Å². The van der Waals surface area contributed by atoms with Crippen LogP contribution in [0.5, 0.6) is 0 Å². The number of hydrogen-bond donors (Lipinski definition) is 2. The summed E-state index contributed by atoms with van der Waals surface area (Å²) >= 11 is 0. The Hall–Kier alpha value is -0.690. The first kappa shape index (κ1) is 15.2. The number of ether oxygens (including phenoxy) is 1. The van der Waals surface area contributed by atoms with Crippen LogP contribution in [0.3, 0.4) is 0 Å². The molecule has 3 unspecified atom stereocenters. The summed E-state index contributed by atoms with van der Waals surface area (Å²) in [6.07, 6.45) is 1.72. The zero-order valence-corrected chi connectivity index (χ0v) is 13.0. The number of nitrogens with one attached hydrogen (secondary N) is 2. The van der Waals surface area contributed by atoms with Gasteiger partial charge in [0.2, 0.25) is 0 Å². The van der Waals surface area contributed by atoms with Crippen molar-refractivity contribution in [2.75, 3.05) is 52.4 Å². The van der Waals surface area contributed by atoms with Crippen molar-refractivity contribution < 1.29 is 9.53 Å². The molecule has 0 aliphatic carbocycles. The van der Waals surface area contributed by atoms with E-state index in [4.69, 9.17) is 4.74 Å². The van der Waals surface area contributed by atoms with E-state index < -0.39 is 0 Å². The highest BCUT2D eigenvalue weighted by atomic mass is 16.5. The van der Waals surface area contributed by atoms with E-state index in [9.17, 15) is 4.79 Å². The van der Waals surface area contributed by atoms with Gasteiger partial charge in [0.1, 0.15) is 6.10 Å². The highest BCUT2D eigenvalue weighted by Crippen LogP contribution is 2.16. The van der Waals surface area contributed by atoms with Crippen LogP contribution in [-0.2, 0) is 9.53 Å². The molecule has 0 radical (unpaired) electrons. The third-order valence-corrected chi connectivity index (χ3v) is 4.94. The summed E-state index contributed by atoms with van der Waals surface area (Å²) in [6.45, 7) is 9.76. The quantitative estimate of drug-likeness (QED) is 0.718. The average molecular weight is 296 g/mol. The van der Waals surface area contributed by atoms with Gasteiger partial charge in [0.15, 0.2) is 0 Å². The predicted octanol–water partition coefficient (Wildman–Crippen LogP) is -0.740. The maximum atomic E-state index is 12.5. The van der Waals surface area contributed by atoms with Crippen LogP contribution in [0.1, 0.15) is 19.8 Å². The number of rotatable bonds is 3. The van der Waals surface area contributed by atoms with Gasteiger partial charge in [-0.25, -0.2) is 0 Å². The molecule has 0 bridgehead atoms. The molecule has 3 saturated heterocycles. The van der Waals surface area contributed by atoms with E-state index in [2.05, 4.69) is 22.5 Å². The van der Waals surface area contributed by atoms with E-state index in [1.54, 1.807) is 0 Å². The molecule has 3 heterocycles. The van der Waals surface area contributed by atoms with Crippen LogP contribution in [0.4, 0.5) is 0 Å². The third-order valence-electron chi connectivity index (χ3n) is 4.94. The highest BCUT2D eigenvalue weighted by Gasteiger charge is 2.34. The van der Waals surface area contributed by atoms with Gasteiger partial charge in [-0.1, -0.05) is 6.92 Å².